The summed E-state index contributed by atoms with van der Waals surface area (Å²) in [6.45, 7) is 4.39. The van der Waals surface area contributed by atoms with Crippen molar-refractivity contribution in [3.8, 4) is 0 Å². The van der Waals surface area contributed by atoms with Crippen molar-refractivity contribution in [2.24, 2.45) is 0 Å². The summed E-state index contributed by atoms with van der Waals surface area (Å²) < 4.78 is 1.66. The predicted octanol–water partition coefficient (Wildman–Crippen LogP) is 5.01. The number of hydrogen-bond donors (Lipinski definition) is 1. The molecule has 4 aromatic rings. The Morgan fingerprint density at radius 1 is 1.03 bits per heavy atom. The number of Topliss-reactive ketones (excluding diaryl/α,β-unsaturated/α-hetero) is 1. The second kappa shape index (κ2) is 10.8. The van der Waals surface area contributed by atoms with Gasteiger partial charge in [-0.15, -0.1) is 11.3 Å². The van der Waals surface area contributed by atoms with Crippen LogP contribution in [0.1, 0.15) is 22.4 Å². The molecule has 0 atom stereocenters. The van der Waals surface area contributed by atoms with Crippen LogP contribution in [0, 0.1) is 13.8 Å². The first-order chi connectivity index (χ1) is 16.4. The molecule has 0 fully saturated rings. The first-order valence-corrected chi connectivity index (χ1v) is 12.8. The van der Waals surface area contributed by atoms with Gasteiger partial charge >= 0.3 is 0 Å². The van der Waals surface area contributed by atoms with Crippen molar-refractivity contribution in [3.63, 3.8) is 0 Å². The molecule has 0 aliphatic carbocycles. The number of thioether (sulfide) groups is 1. The number of fused-ring (bicyclic) bond motifs is 1. The molecular formula is C26H25N3O3S2. The van der Waals surface area contributed by atoms with Crippen LogP contribution >= 0.6 is 23.1 Å². The molecule has 0 aliphatic heterocycles. The molecule has 1 amide bonds. The fourth-order valence-corrected chi connectivity index (χ4v) is 5.56. The van der Waals surface area contributed by atoms with Crippen LogP contribution in [0.25, 0.3) is 10.2 Å². The monoisotopic (exact) mass is 491 g/mol. The van der Waals surface area contributed by atoms with Gasteiger partial charge in [-0.1, -0.05) is 60.3 Å². The average Bonchev–Trinajstić information content (AvgIpc) is 3.11. The summed E-state index contributed by atoms with van der Waals surface area (Å²) in [7, 11) is 0. The Labute approximate surface area is 206 Å². The van der Waals surface area contributed by atoms with Gasteiger partial charge < -0.3 is 5.32 Å². The third-order valence-electron chi connectivity index (χ3n) is 5.50. The van der Waals surface area contributed by atoms with E-state index in [4.69, 9.17) is 4.98 Å². The number of anilines is 1. The van der Waals surface area contributed by atoms with Crippen LogP contribution in [0.15, 0.2) is 70.6 Å². The van der Waals surface area contributed by atoms with Gasteiger partial charge in [-0.05, 0) is 43.5 Å². The smallest absolute Gasteiger partial charge is 0.263 e. The number of rotatable bonds is 9. The van der Waals surface area contributed by atoms with E-state index in [1.54, 1.807) is 16.7 Å². The molecule has 174 valence electrons. The average molecular weight is 492 g/mol. The summed E-state index contributed by atoms with van der Waals surface area (Å²) >= 11 is 2.70. The molecule has 0 spiro atoms. The SMILES string of the molecule is Cc1sc2nc(SCC(=O)CC(=O)Nc3ccccc3)n(CCc3ccccc3)c(=O)c2c1C. The molecule has 4 rings (SSSR count). The number of ketones is 1. The van der Waals surface area contributed by atoms with Gasteiger partial charge in [0.05, 0.1) is 17.6 Å². The molecule has 2 aromatic carbocycles. The van der Waals surface area contributed by atoms with Crippen LogP contribution < -0.4 is 10.9 Å². The quantitative estimate of drug-likeness (QED) is 0.202. The minimum absolute atomic E-state index is 0.0643. The molecule has 0 radical (unpaired) electrons. The third-order valence-corrected chi connectivity index (χ3v) is 7.64. The lowest BCUT2D eigenvalue weighted by Gasteiger charge is -2.12. The van der Waals surface area contributed by atoms with E-state index >= 15 is 0 Å². The fourth-order valence-electron chi connectivity index (χ4n) is 3.60. The van der Waals surface area contributed by atoms with Gasteiger partial charge in [0, 0.05) is 17.1 Å². The van der Waals surface area contributed by atoms with E-state index < -0.39 is 0 Å². The number of carbonyl (C=O) groups is 2. The maximum atomic E-state index is 13.4. The van der Waals surface area contributed by atoms with E-state index in [-0.39, 0.29) is 29.4 Å². The minimum atomic E-state index is -0.355. The lowest BCUT2D eigenvalue weighted by atomic mass is 10.1. The number of amides is 1. The molecular weight excluding hydrogens is 466 g/mol. The highest BCUT2D eigenvalue weighted by molar-refractivity contribution is 7.99. The van der Waals surface area contributed by atoms with Crippen LogP contribution in [0.4, 0.5) is 5.69 Å². The molecule has 0 bridgehead atoms. The Bertz CT molecular complexity index is 1380. The van der Waals surface area contributed by atoms with Crippen LogP contribution in [0.3, 0.4) is 0 Å². The van der Waals surface area contributed by atoms with Gasteiger partial charge in [-0.25, -0.2) is 4.98 Å². The van der Waals surface area contributed by atoms with Gasteiger partial charge in [0.2, 0.25) is 5.91 Å². The molecule has 2 heterocycles. The molecule has 34 heavy (non-hydrogen) atoms. The molecule has 6 nitrogen and oxygen atoms in total. The highest BCUT2D eigenvalue weighted by Gasteiger charge is 2.18. The first-order valence-electron chi connectivity index (χ1n) is 11.0. The van der Waals surface area contributed by atoms with E-state index in [0.717, 1.165) is 16.0 Å². The summed E-state index contributed by atoms with van der Waals surface area (Å²) in [5.74, 6) is -0.512. The zero-order valence-corrected chi connectivity index (χ0v) is 20.7. The first kappa shape index (κ1) is 23.9. The second-order valence-electron chi connectivity index (χ2n) is 7.97. The summed E-state index contributed by atoms with van der Waals surface area (Å²) in [5.41, 5.74) is 2.64. The van der Waals surface area contributed by atoms with Crippen molar-refractivity contribution in [1.82, 2.24) is 9.55 Å². The van der Waals surface area contributed by atoms with Crippen molar-refractivity contribution in [1.29, 1.82) is 0 Å². The Morgan fingerprint density at radius 3 is 2.41 bits per heavy atom. The number of nitrogens with zero attached hydrogens (tertiary/aromatic N) is 2. The van der Waals surface area contributed by atoms with E-state index in [9.17, 15) is 14.4 Å². The lowest BCUT2D eigenvalue weighted by Crippen LogP contribution is -2.25. The van der Waals surface area contributed by atoms with Crippen LogP contribution in [0.2, 0.25) is 0 Å². The number of aryl methyl sites for hydroxylation is 3. The van der Waals surface area contributed by atoms with Gasteiger partial charge in [0.15, 0.2) is 10.9 Å². The molecule has 0 saturated heterocycles. The van der Waals surface area contributed by atoms with Gasteiger partial charge in [-0.2, -0.15) is 0 Å². The van der Waals surface area contributed by atoms with Gasteiger partial charge in [-0.3, -0.25) is 19.0 Å². The number of benzene rings is 2. The summed E-state index contributed by atoms with van der Waals surface area (Å²) in [6, 6.07) is 19.0. The Hall–Kier alpha value is -3.23. The maximum Gasteiger partial charge on any atom is 0.263 e. The van der Waals surface area contributed by atoms with Crippen LogP contribution in [-0.4, -0.2) is 27.0 Å². The zero-order valence-electron chi connectivity index (χ0n) is 19.0. The standard InChI is InChI=1S/C26H25N3O3S2/c1-17-18(2)34-24-23(17)25(32)29(14-13-19-9-5-3-6-10-19)26(28-24)33-16-21(30)15-22(31)27-20-11-7-4-8-12-20/h3-12H,13-16H2,1-2H3,(H,27,31). The van der Waals surface area contributed by atoms with E-state index in [2.05, 4.69) is 5.32 Å². The number of aromatic nitrogens is 2. The molecule has 0 unspecified atom stereocenters. The summed E-state index contributed by atoms with van der Waals surface area (Å²) in [5, 5.41) is 3.88. The molecule has 0 aliphatic rings. The number of para-hydroxylation sites is 1. The van der Waals surface area contributed by atoms with Gasteiger partial charge in [0.25, 0.3) is 5.56 Å². The van der Waals surface area contributed by atoms with Crippen molar-refractivity contribution < 1.29 is 9.59 Å². The Morgan fingerprint density at radius 2 is 1.71 bits per heavy atom. The largest absolute Gasteiger partial charge is 0.326 e. The van der Waals surface area contributed by atoms with Crippen molar-refractivity contribution in [2.75, 3.05) is 11.1 Å². The molecule has 2 aromatic heterocycles. The topological polar surface area (TPSA) is 81.1 Å². The van der Waals surface area contributed by atoms with E-state index in [1.807, 2.05) is 62.4 Å². The molecule has 0 saturated carbocycles. The Balaban J connectivity index is 1.51. The highest BCUT2D eigenvalue weighted by Crippen LogP contribution is 2.28. The van der Waals surface area contributed by atoms with Gasteiger partial charge in [0.1, 0.15) is 4.83 Å². The lowest BCUT2D eigenvalue weighted by molar-refractivity contribution is -0.123. The van der Waals surface area contributed by atoms with Crippen molar-refractivity contribution >= 4 is 50.7 Å². The number of carbonyl (C=O) groups excluding carboxylic acids is 2. The normalized spacial score (nSPS) is 11.0. The molecule has 8 heteroatoms. The predicted molar refractivity (Wildman–Crippen MR) is 139 cm³/mol. The minimum Gasteiger partial charge on any atom is -0.326 e. The maximum absolute atomic E-state index is 13.4. The van der Waals surface area contributed by atoms with E-state index in [1.165, 1.54) is 23.1 Å². The highest BCUT2D eigenvalue weighted by atomic mass is 32.2. The van der Waals surface area contributed by atoms with Crippen molar-refractivity contribution in [2.45, 2.75) is 38.4 Å². The summed E-state index contributed by atoms with van der Waals surface area (Å²) in [4.78, 5) is 44.6. The second-order valence-corrected chi connectivity index (χ2v) is 10.1. The van der Waals surface area contributed by atoms with E-state index in [0.29, 0.717) is 34.0 Å². The zero-order chi connectivity index (χ0) is 24.1. The number of thiophene rings is 1. The number of hydrogen-bond acceptors (Lipinski definition) is 6. The Kier molecular flexibility index (Phi) is 7.59. The van der Waals surface area contributed by atoms with Crippen LogP contribution in [-0.2, 0) is 22.6 Å². The number of nitrogens with one attached hydrogen (secondary N) is 1. The van der Waals surface area contributed by atoms with Crippen LogP contribution in [0.5, 0.6) is 0 Å². The fraction of sp³-hybridized carbons (Fsp3) is 0.231. The molecule has 1 N–H and O–H groups in total. The van der Waals surface area contributed by atoms with Crippen molar-refractivity contribution in [3.05, 3.63) is 87.0 Å². The third kappa shape index (κ3) is 5.63. The summed E-state index contributed by atoms with van der Waals surface area (Å²) in [6.07, 6.45) is 0.451.